The number of carbonyl (C=O) groups excluding carboxylic acids is 2. The predicted molar refractivity (Wildman–Crippen MR) is 74.3 cm³/mol. The molecule has 2 N–H and O–H groups in total. The Morgan fingerprint density at radius 1 is 1.56 bits per heavy atom. The van der Waals surface area contributed by atoms with Crippen LogP contribution in [0.5, 0.6) is 0 Å². The van der Waals surface area contributed by atoms with E-state index in [9.17, 15) is 9.59 Å². The van der Waals surface area contributed by atoms with E-state index in [0.29, 0.717) is 19.8 Å². The maximum atomic E-state index is 11.8. The molecule has 0 aliphatic carbocycles. The van der Waals surface area contributed by atoms with Gasteiger partial charge in [-0.2, -0.15) is 0 Å². The largest absolute Gasteiger partial charge is 0.369 e. The quantitative estimate of drug-likeness (QED) is 0.830. The van der Waals surface area contributed by atoms with Gasteiger partial charge in [0.1, 0.15) is 0 Å². The van der Waals surface area contributed by atoms with Crippen molar-refractivity contribution in [3.63, 3.8) is 0 Å². The first kappa shape index (κ1) is 13.8. The Bertz CT molecular complexity index is 538. The number of pyridine rings is 1. The summed E-state index contributed by atoms with van der Waals surface area (Å²) in [6, 6.07) is 0. The van der Waals surface area contributed by atoms with Gasteiger partial charge in [0.05, 0.1) is 19.9 Å². The third kappa shape index (κ3) is 2.39. The average molecular weight is 397 g/mol. The molecular weight excluding hydrogens is 389 g/mol. The summed E-state index contributed by atoms with van der Waals surface area (Å²) in [6.07, 6.45) is 1.62. The van der Waals surface area contributed by atoms with E-state index in [-0.39, 0.29) is 18.9 Å². The Kier molecular flexibility index (Phi) is 3.93. The molecule has 2 rings (SSSR count). The Morgan fingerprint density at radius 2 is 2.22 bits per heavy atom. The summed E-state index contributed by atoms with van der Waals surface area (Å²) < 4.78 is 1.13. The van der Waals surface area contributed by atoms with Crippen molar-refractivity contribution in [3.05, 3.63) is 20.2 Å². The molecule has 96 valence electrons. The van der Waals surface area contributed by atoms with Crippen molar-refractivity contribution in [3.8, 4) is 0 Å². The SMILES string of the molecule is NC(=O)C1CC(=O)N(c2ncc(Br)c(Cl)c2Br)C1. The maximum Gasteiger partial charge on any atom is 0.229 e. The summed E-state index contributed by atoms with van der Waals surface area (Å²) in [7, 11) is 0. The van der Waals surface area contributed by atoms with E-state index in [1.165, 1.54) is 11.1 Å². The lowest BCUT2D eigenvalue weighted by Gasteiger charge is -2.17. The highest BCUT2D eigenvalue weighted by atomic mass is 79.9. The second-order valence-corrected chi connectivity index (χ2v) is 5.89. The van der Waals surface area contributed by atoms with Crippen LogP contribution in [0.25, 0.3) is 0 Å². The van der Waals surface area contributed by atoms with Crippen LogP contribution in [-0.2, 0) is 9.59 Å². The van der Waals surface area contributed by atoms with Gasteiger partial charge >= 0.3 is 0 Å². The van der Waals surface area contributed by atoms with Crippen LogP contribution in [0.1, 0.15) is 6.42 Å². The molecule has 0 aromatic carbocycles. The Morgan fingerprint density at radius 3 is 2.78 bits per heavy atom. The molecule has 1 atom stereocenters. The van der Waals surface area contributed by atoms with Crippen molar-refractivity contribution in [2.24, 2.45) is 11.7 Å². The molecule has 0 spiro atoms. The molecule has 1 aliphatic heterocycles. The normalized spacial score (nSPS) is 19.4. The predicted octanol–water partition coefficient (Wildman–Crippen LogP) is 2.10. The fraction of sp³-hybridized carbons (Fsp3) is 0.300. The van der Waals surface area contributed by atoms with E-state index in [0.717, 1.165) is 0 Å². The van der Waals surface area contributed by atoms with Crippen molar-refractivity contribution in [1.29, 1.82) is 0 Å². The number of nitrogens with zero attached hydrogens (tertiary/aromatic N) is 2. The molecule has 1 saturated heterocycles. The lowest BCUT2D eigenvalue weighted by atomic mass is 10.1. The van der Waals surface area contributed by atoms with Crippen LogP contribution in [0.2, 0.25) is 5.02 Å². The molecule has 1 aromatic heterocycles. The van der Waals surface area contributed by atoms with Gasteiger partial charge in [-0.25, -0.2) is 4.98 Å². The van der Waals surface area contributed by atoms with Crippen molar-refractivity contribution >= 4 is 61.1 Å². The van der Waals surface area contributed by atoms with Crippen LogP contribution < -0.4 is 10.6 Å². The summed E-state index contributed by atoms with van der Waals surface area (Å²) in [6.45, 7) is 0.234. The molecule has 2 amide bonds. The smallest absolute Gasteiger partial charge is 0.229 e. The second-order valence-electron chi connectivity index (χ2n) is 3.87. The zero-order chi connectivity index (χ0) is 13.4. The van der Waals surface area contributed by atoms with Crippen LogP contribution in [-0.4, -0.2) is 23.3 Å². The number of halogens is 3. The number of rotatable bonds is 2. The van der Waals surface area contributed by atoms with Gasteiger partial charge in [-0.1, -0.05) is 11.6 Å². The van der Waals surface area contributed by atoms with E-state index >= 15 is 0 Å². The summed E-state index contributed by atoms with van der Waals surface area (Å²) in [5.41, 5.74) is 5.21. The minimum Gasteiger partial charge on any atom is -0.369 e. The van der Waals surface area contributed by atoms with E-state index in [1.807, 2.05) is 0 Å². The molecule has 1 fully saturated rings. The number of nitrogens with two attached hydrogens (primary N) is 1. The van der Waals surface area contributed by atoms with Gasteiger partial charge in [-0.15, -0.1) is 0 Å². The molecule has 18 heavy (non-hydrogen) atoms. The first-order chi connectivity index (χ1) is 8.41. The number of amides is 2. The molecule has 5 nitrogen and oxygen atoms in total. The molecule has 1 aromatic rings. The molecule has 2 heterocycles. The van der Waals surface area contributed by atoms with Crippen LogP contribution >= 0.6 is 43.5 Å². The number of hydrogen-bond acceptors (Lipinski definition) is 3. The van der Waals surface area contributed by atoms with Crippen molar-refractivity contribution in [1.82, 2.24) is 4.98 Å². The Labute approximate surface area is 125 Å². The van der Waals surface area contributed by atoms with Crippen molar-refractivity contribution in [2.75, 3.05) is 11.4 Å². The maximum absolute atomic E-state index is 11.8. The van der Waals surface area contributed by atoms with E-state index in [2.05, 4.69) is 36.8 Å². The first-order valence-corrected chi connectivity index (χ1v) is 6.97. The van der Waals surface area contributed by atoms with Crippen molar-refractivity contribution in [2.45, 2.75) is 6.42 Å². The number of carbonyl (C=O) groups is 2. The zero-order valence-electron chi connectivity index (χ0n) is 8.99. The molecule has 1 unspecified atom stereocenters. The fourth-order valence-electron chi connectivity index (χ4n) is 1.73. The third-order valence-corrected chi connectivity index (χ3v) is 4.88. The number of anilines is 1. The highest BCUT2D eigenvalue weighted by Crippen LogP contribution is 2.38. The summed E-state index contributed by atoms with van der Waals surface area (Å²) in [5.74, 6) is -0.749. The number of aromatic nitrogens is 1. The fourth-order valence-corrected chi connectivity index (χ4v) is 2.96. The molecule has 0 saturated carbocycles. The van der Waals surface area contributed by atoms with Gasteiger partial charge in [0.25, 0.3) is 0 Å². The van der Waals surface area contributed by atoms with E-state index in [1.54, 1.807) is 0 Å². The van der Waals surface area contributed by atoms with Gasteiger partial charge < -0.3 is 5.73 Å². The monoisotopic (exact) mass is 395 g/mol. The highest BCUT2D eigenvalue weighted by Gasteiger charge is 2.35. The lowest BCUT2D eigenvalue weighted by Crippen LogP contribution is -2.29. The third-order valence-electron chi connectivity index (χ3n) is 2.68. The van der Waals surface area contributed by atoms with Crippen molar-refractivity contribution < 1.29 is 9.59 Å². The molecule has 0 radical (unpaired) electrons. The number of primary amides is 1. The topological polar surface area (TPSA) is 76.3 Å². The first-order valence-electron chi connectivity index (χ1n) is 5.01. The van der Waals surface area contributed by atoms with E-state index in [4.69, 9.17) is 17.3 Å². The van der Waals surface area contributed by atoms with Crippen LogP contribution in [0, 0.1) is 5.92 Å². The van der Waals surface area contributed by atoms with Gasteiger partial charge in [-0.3, -0.25) is 14.5 Å². The standard InChI is InChI=1S/C10H8Br2ClN3O2/c11-5-2-15-10(7(12)8(5)13)16-3-4(9(14)18)1-6(16)17/h2,4H,1,3H2,(H2,14,18). The second kappa shape index (κ2) is 5.14. The Hall–Kier alpha value is -0.660. The molecular formula is C10H8Br2ClN3O2. The van der Waals surface area contributed by atoms with Crippen LogP contribution in [0.3, 0.4) is 0 Å². The van der Waals surface area contributed by atoms with Gasteiger partial charge in [0.2, 0.25) is 11.8 Å². The lowest BCUT2D eigenvalue weighted by molar-refractivity contribution is -0.123. The van der Waals surface area contributed by atoms with Gasteiger partial charge in [0, 0.05) is 19.2 Å². The van der Waals surface area contributed by atoms with E-state index < -0.39 is 11.8 Å². The minimum absolute atomic E-state index is 0.108. The highest BCUT2D eigenvalue weighted by molar-refractivity contribution is 9.11. The van der Waals surface area contributed by atoms with Gasteiger partial charge in [0.15, 0.2) is 5.82 Å². The molecule has 1 aliphatic rings. The van der Waals surface area contributed by atoms with Crippen LogP contribution in [0.4, 0.5) is 5.82 Å². The van der Waals surface area contributed by atoms with Gasteiger partial charge in [-0.05, 0) is 31.9 Å². The zero-order valence-corrected chi connectivity index (χ0v) is 12.9. The molecule has 0 bridgehead atoms. The van der Waals surface area contributed by atoms with Crippen LogP contribution in [0.15, 0.2) is 15.1 Å². The number of hydrogen-bond donors (Lipinski definition) is 1. The Balaban J connectivity index is 2.36. The minimum atomic E-state index is -0.481. The molecule has 8 heteroatoms. The summed E-state index contributed by atoms with van der Waals surface area (Å²) >= 11 is 12.6. The summed E-state index contributed by atoms with van der Waals surface area (Å²) in [4.78, 5) is 28.5. The average Bonchev–Trinajstić information content (AvgIpc) is 2.69. The summed E-state index contributed by atoms with van der Waals surface area (Å²) in [5, 5.41) is 0.426.